The molecule has 17 heavy (non-hydrogen) atoms. The van der Waals surface area contributed by atoms with E-state index in [1.165, 1.54) is 29.6 Å². The Morgan fingerprint density at radius 3 is 2.41 bits per heavy atom. The van der Waals surface area contributed by atoms with Gasteiger partial charge in [0.2, 0.25) is 0 Å². The van der Waals surface area contributed by atoms with E-state index in [2.05, 4.69) is 50.0 Å². The zero-order valence-electron chi connectivity index (χ0n) is 11.2. The first-order valence-corrected chi connectivity index (χ1v) is 6.36. The predicted octanol–water partition coefficient (Wildman–Crippen LogP) is 4.71. The standard InChI is InChI=1S/C16H23N/c1-14(2)6-4-7-15(3)8-5-9-16-10-12-17-13-11-16/h6,8,10-13H,4-5,7,9H2,1-3H3. The van der Waals surface area contributed by atoms with E-state index in [-0.39, 0.29) is 0 Å². The lowest BCUT2D eigenvalue weighted by atomic mass is 10.1. The van der Waals surface area contributed by atoms with E-state index < -0.39 is 0 Å². The third-order valence-electron chi connectivity index (χ3n) is 2.77. The van der Waals surface area contributed by atoms with Gasteiger partial charge in [0.05, 0.1) is 0 Å². The maximum atomic E-state index is 4.02. The number of pyridine rings is 1. The summed E-state index contributed by atoms with van der Waals surface area (Å²) in [6.07, 6.45) is 13.0. The lowest BCUT2D eigenvalue weighted by Gasteiger charge is -2.00. The summed E-state index contributed by atoms with van der Waals surface area (Å²) >= 11 is 0. The predicted molar refractivity (Wildman–Crippen MR) is 75.0 cm³/mol. The fourth-order valence-electron chi connectivity index (χ4n) is 1.73. The molecule has 0 spiro atoms. The molecule has 0 N–H and O–H groups in total. The van der Waals surface area contributed by atoms with Crippen molar-refractivity contribution in [3.05, 3.63) is 53.4 Å². The fourth-order valence-corrected chi connectivity index (χ4v) is 1.73. The monoisotopic (exact) mass is 229 g/mol. The minimum Gasteiger partial charge on any atom is -0.265 e. The normalized spacial score (nSPS) is 11.4. The fraction of sp³-hybridized carbons (Fsp3) is 0.438. The Labute approximate surface area is 105 Å². The summed E-state index contributed by atoms with van der Waals surface area (Å²) < 4.78 is 0. The van der Waals surface area contributed by atoms with Crippen LogP contribution >= 0.6 is 0 Å². The Bertz CT molecular complexity index is 370. The molecule has 0 radical (unpaired) electrons. The van der Waals surface area contributed by atoms with Crippen molar-refractivity contribution < 1.29 is 0 Å². The highest BCUT2D eigenvalue weighted by atomic mass is 14.6. The van der Waals surface area contributed by atoms with Gasteiger partial charge in [0, 0.05) is 12.4 Å². The van der Waals surface area contributed by atoms with Crippen LogP contribution in [0.5, 0.6) is 0 Å². The van der Waals surface area contributed by atoms with Crippen molar-refractivity contribution >= 4 is 0 Å². The number of hydrogen-bond acceptors (Lipinski definition) is 1. The van der Waals surface area contributed by atoms with E-state index in [4.69, 9.17) is 0 Å². The molecule has 0 aliphatic heterocycles. The molecule has 0 aromatic carbocycles. The minimum absolute atomic E-state index is 1.11. The van der Waals surface area contributed by atoms with E-state index in [0.717, 1.165) is 12.8 Å². The van der Waals surface area contributed by atoms with Gasteiger partial charge in [0.1, 0.15) is 0 Å². The van der Waals surface area contributed by atoms with E-state index in [9.17, 15) is 0 Å². The first kappa shape index (κ1) is 13.7. The highest BCUT2D eigenvalue weighted by molar-refractivity contribution is 5.11. The zero-order valence-corrected chi connectivity index (χ0v) is 11.2. The van der Waals surface area contributed by atoms with Gasteiger partial charge in [-0.25, -0.2) is 0 Å². The Morgan fingerprint density at radius 2 is 1.76 bits per heavy atom. The number of rotatable bonds is 6. The average Bonchev–Trinajstić information content (AvgIpc) is 2.30. The number of nitrogens with zero attached hydrogens (tertiary/aromatic N) is 1. The molecular weight excluding hydrogens is 206 g/mol. The second kappa shape index (κ2) is 7.83. The van der Waals surface area contributed by atoms with Crippen LogP contribution in [0.4, 0.5) is 0 Å². The lowest BCUT2D eigenvalue weighted by Crippen LogP contribution is -1.84. The Morgan fingerprint density at radius 1 is 1.06 bits per heavy atom. The van der Waals surface area contributed by atoms with Crippen LogP contribution in [0, 0.1) is 0 Å². The van der Waals surface area contributed by atoms with Gasteiger partial charge in [0.15, 0.2) is 0 Å². The van der Waals surface area contributed by atoms with Crippen LogP contribution in [0.1, 0.15) is 45.6 Å². The van der Waals surface area contributed by atoms with Gasteiger partial charge in [-0.05, 0) is 64.2 Å². The molecule has 0 aliphatic rings. The van der Waals surface area contributed by atoms with Crippen molar-refractivity contribution in [1.82, 2.24) is 4.98 Å². The smallest absolute Gasteiger partial charge is 0.0270 e. The first-order valence-electron chi connectivity index (χ1n) is 6.36. The molecule has 1 heterocycles. The van der Waals surface area contributed by atoms with Crippen molar-refractivity contribution in [2.45, 2.75) is 46.5 Å². The van der Waals surface area contributed by atoms with Crippen molar-refractivity contribution in [1.29, 1.82) is 0 Å². The van der Waals surface area contributed by atoms with Crippen LogP contribution < -0.4 is 0 Å². The van der Waals surface area contributed by atoms with Crippen LogP contribution in [0.25, 0.3) is 0 Å². The van der Waals surface area contributed by atoms with E-state index >= 15 is 0 Å². The van der Waals surface area contributed by atoms with E-state index in [0.29, 0.717) is 0 Å². The molecule has 0 amide bonds. The van der Waals surface area contributed by atoms with Crippen molar-refractivity contribution in [2.24, 2.45) is 0 Å². The highest BCUT2D eigenvalue weighted by Gasteiger charge is 1.92. The number of allylic oxidation sites excluding steroid dienone is 4. The summed E-state index contributed by atoms with van der Waals surface area (Å²) in [5.41, 5.74) is 4.28. The van der Waals surface area contributed by atoms with Gasteiger partial charge in [0.25, 0.3) is 0 Å². The molecule has 1 rings (SSSR count). The summed E-state index contributed by atoms with van der Waals surface area (Å²) in [6.45, 7) is 6.54. The molecule has 1 aromatic rings. The summed E-state index contributed by atoms with van der Waals surface area (Å²) in [5.74, 6) is 0. The van der Waals surface area contributed by atoms with E-state index in [1.807, 2.05) is 12.4 Å². The van der Waals surface area contributed by atoms with Crippen LogP contribution in [-0.4, -0.2) is 4.98 Å². The summed E-state index contributed by atoms with van der Waals surface area (Å²) in [4.78, 5) is 4.02. The summed E-state index contributed by atoms with van der Waals surface area (Å²) in [7, 11) is 0. The number of aryl methyl sites for hydroxylation is 1. The average molecular weight is 229 g/mol. The maximum Gasteiger partial charge on any atom is 0.0270 e. The number of aromatic nitrogens is 1. The Kier molecular flexibility index (Phi) is 6.31. The van der Waals surface area contributed by atoms with Gasteiger partial charge in [-0.1, -0.05) is 23.3 Å². The third-order valence-corrected chi connectivity index (χ3v) is 2.77. The van der Waals surface area contributed by atoms with Crippen molar-refractivity contribution in [3.63, 3.8) is 0 Å². The Balaban J connectivity index is 2.26. The molecule has 92 valence electrons. The molecular formula is C16H23N. The SMILES string of the molecule is CC(C)=CCCC(C)=CCCc1ccncc1. The molecule has 1 heteroatoms. The molecule has 0 unspecified atom stereocenters. The topological polar surface area (TPSA) is 12.9 Å². The van der Waals surface area contributed by atoms with Crippen molar-refractivity contribution in [3.8, 4) is 0 Å². The number of hydrogen-bond donors (Lipinski definition) is 0. The Hall–Kier alpha value is -1.37. The van der Waals surface area contributed by atoms with Gasteiger partial charge < -0.3 is 0 Å². The van der Waals surface area contributed by atoms with Gasteiger partial charge in [-0.3, -0.25) is 4.98 Å². The maximum absolute atomic E-state index is 4.02. The molecule has 0 bridgehead atoms. The molecule has 0 saturated heterocycles. The van der Waals surface area contributed by atoms with Crippen LogP contribution in [0.15, 0.2) is 47.8 Å². The summed E-state index contributed by atoms with van der Waals surface area (Å²) in [6, 6.07) is 4.18. The summed E-state index contributed by atoms with van der Waals surface area (Å²) in [5, 5.41) is 0. The van der Waals surface area contributed by atoms with Crippen LogP contribution in [-0.2, 0) is 6.42 Å². The first-order chi connectivity index (χ1) is 8.18. The minimum atomic E-state index is 1.11. The molecule has 0 aliphatic carbocycles. The van der Waals surface area contributed by atoms with Crippen molar-refractivity contribution in [2.75, 3.05) is 0 Å². The molecule has 1 aromatic heterocycles. The molecule has 1 nitrogen and oxygen atoms in total. The lowest BCUT2D eigenvalue weighted by molar-refractivity contribution is 0.924. The quantitative estimate of drug-likeness (QED) is 0.644. The second-order valence-corrected chi connectivity index (χ2v) is 4.76. The zero-order chi connectivity index (χ0) is 12.5. The van der Waals surface area contributed by atoms with Gasteiger partial charge >= 0.3 is 0 Å². The van der Waals surface area contributed by atoms with Gasteiger partial charge in [-0.2, -0.15) is 0 Å². The largest absolute Gasteiger partial charge is 0.265 e. The van der Waals surface area contributed by atoms with Gasteiger partial charge in [-0.15, -0.1) is 0 Å². The molecule has 0 fully saturated rings. The molecule has 0 saturated carbocycles. The highest BCUT2D eigenvalue weighted by Crippen LogP contribution is 2.09. The third kappa shape index (κ3) is 6.72. The van der Waals surface area contributed by atoms with E-state index in [1.54, 1.807) is 0 Å². The second-order valence-electron chi connectivity index (χ2n) is 4.76. The van der Waals surface area contributed by atoms with Crippen LogP contribution in [0.3, 0.4) is 0 Å². The molecule has 0 atom stereocenters. The van der Waals surface area contributed by atoms with Crippen LogP contribution in [0.2, 0.25) is 0 Å².